The van der Waals surface area contributed by atoms with E-state index in [1.54, 1.807) is 0 Å². The van der Waals surface area contributed by atoms with Crippen LogP contribution >= 0.6 is 24.0 Å². The lowest BCUT2D eigenvalue weighted by Crippen LogP contribution is -2.46. The molecule has 130 valence electrons. The van der Waals surface area contributed by atoms with Crippen LogP contribution in [0.25, 0.3) is 0 Å². The molecule has 6 heteroatoms. The van der Waals surface area contributed by atoms with Gasteiger partial charge in [0.2, 0.25) is 0 Å². The normalized spacial score (nSPS) is 27.7. The van der Waals surface area contributed by atoms with Crippen LogP contribution in [0.4, 0.5) is 0 Å². The van der Waals surface area contributed by atoms with E-state index in [-0.39, 0.29) is 24.0 Å². The van der Waals surface area contributed by atoms with Crippen LogP contribution in [0.1, 0.15) is 56.2 Å². The number of aliphatic imine (C=N–C) groups is 1. The Bertz CT molecular complexity index is 513. The van der Waals surface area contributed by atoms with Gasteiger partial charge in [0.25, 0.3) is 0 Å². The molecule has 0 radical (unpaired) electrons. The first-order valence-electron chi connectivity index (χ1n) is 8.72. The van der Waals surface area contributed by atoms with E-state index in [0.29, 0.717) is 6.04 Å². The second-order valence-electron chi connectivity index (χ2n) is 6.90. The fourth-order valence-electron chi connectivity index (χ4n) is 4.13. The summed E-state index contributed by atoms with van der Waals surface area (Å²) in [5, 5.41) is 14.1. The lowest BCUT2D eigenvalue weighted by molar-refractivity contribution is 0.150. The minimum Gasteiger partial charge on any atom is -0.354 e. The quantitative estimate of drug-likeness (QED) is 0.391. The van der Waals surface area contributed by atoms with E-state index >= 15 is 0 Å². The van der Waals surface area contributed by atoms with Gasteiger partial charge in [-0.2, -0.15) is 5.10 Å². The lowest BCUT2D eigenvalue weighted by Gasteiger charge is -2.39. The Morgan fingerprint density at radius 1 is 1.26 bits per heavy atom. The van der Waals surface area contributed by atoms with Crippen LogP contribution in [-0.4, -0.2) is 29.2 Å². The summed E-state index contributed by atoms with van der Waals surface area (Å²) in [6.07, 6.45) is 11.6. The zero-order valence-electron chi connectivity index (χ0n) is 14.3. The van der Waals surface area contributed by atoms with Crippen molar-refractivity contribution in [3.05, 3.63) is 17.5 Å². The maximum Gasteiger partial charge on any atom is 0.191 e. The van der Waals surface area contributed by atoms with E-state index in [4.69, 9.17) is 0 Å². The molecule has 3 rings (SSSR count). The van der Waals surface area contributed by atoms with E-state index in [2.05, 4.69) is 25.8 Å². The molecule has 0 amide bonds. The zero-order valence-corrected chi connectivity index (χ0v) is 16.6. The third kappa shape index (κ3) is 4.84. The molecule has 1 aromatic rings. The predicted octanol–water partition coefficient (Wildman–Crippen LogP) is 3.36. The molecule has 3 unspecified atom stereocenters. The number of rotatable bonds is 3. The van der Waals surface area contributed by atoms with Gasteiger partial charge in [0.1, 0.15) is 0 Å². The van der Waals surface area contributed by atoms with Gasteiger partial charge in [0.15, 0.2) is 5.96 Å². The van der Waals surface area contributed by atoms with Gasteiger partial charge < -0.3 is 10.6 Å². The van der Waals surface area contributed by atoms with Crippen LogP contribution < -0.4 is 10.6 Å². The fourth-order valence-corrected chi connectivity index (χ4v) is 4.13. The van der Waals surface area contributed by atoms with Crippen LogP contribution in [0.15, 0.2) is 11.2 Å². The minimum atomic E-state index is 0. The van der Waals surface area contributed by atoms with E-state index in [1.165, 1.54) is 50.5 Å². The highest BCUT2D eigenvalue weighted by molar-refractivity contribution is 14.0. The Morgan fingerprint density at radius 3 is 2.74 bits per heavy atom. The fraction of sp³-hybridized carbons (Fsp3) is 0.765. The molecule has 0 aromatic carbocycles. The van der Waals surface area contributed by atoms with Crippen LogP contribution in [0.3, 0.4) is 0 Å². The predicted molar refractivity (Wildman–Crippen MR) is 105 cm³/mol. The highest BCUT2D eigenvalue weighted by Crippen LogP contribution is 2.40. The first-order valence-corrected chi connectivity index (χ1v) is 8.72. The van der Waals surface area contributed by atoms with Crippen molar-refractivity contribution in [3.63, 3.8) is 0 Å². The Balaban J connectivity index is 0.00000192. The molecule has 2 aliphatic carbocycles. The van der Waals surface area contributed by atoms with Gasteiger partial charge >= 0.3 is 0 Å². The molecule has 1 heterocycles. The van der Waals surface area contributed by atoms with Gasteiger partial charge in [-0.3, -0.25) is 10.1 Å². The molecule has 0 bridgehead atoms. The number of nitrogens with zero attached hydrogens (tertiary/aromatic N) is 2. The number of hydrogen-bond acceptors (Lipinski definition) is 2. The van der Waals surface area contributed by atoms with Crippen molar-refractivity contribution < 1.29 is 0 Å². The smallest absolute Gasteiger partial charge is 0.191 e. The number of fused-ring (bicyclic) bond motifs is 1. The third-order valence-electron chi connectivity index (χ3n) is 5.48. The number of nitrogens with one attached hydrogen (secondary N) is 3. The molecular formula is C17H30IN5. The first kappa shape index (κ1) is 18.5. The standard InChI is InChI=1S/C17H29N5.HI/c1-12-15(11-20-22-12)10-19-17(18-2)21-16-8-7-13-5-3-4-6-14(13)9-16;/h11,13-14,16H,3-10H2,1-2H3,(H,20,22)(H2,18,19,21);1H. The Hall–Kier alpha value is -0.790. The van der Waals surface area contributed by atoms with Gasteiger partial charge in [0, 0.05) is 30.9 Å². The summed E-state index contributed by atoms with van der Waals surface area (Å²) in [6, 6.07) is 0.580. The van der Waals surface area contributed by atoms with Gasteiger partial charge in [-0.05, 0) is 38.0 Å². The molecule has 2 saturated carbocycles. The number of guanidine groups is 1. The van der Waals surface area contributed by atoms with E-state index < -0.39 is 0 Å². The van der Waals surface area contributed by atoms with Gasteiger partial charge in [-0.25, -0.2) is 0 Å². The summed E-state index contributed by atoms with van der Waals surface area (Å²) >= 11 is 0. The topological polar surface area (TPSA) is 65.1 Å². The first-order chi connectivity index (χ1) is 10.8. The molecule has 1 aromatic heterocycles. The Labute approximate surface area is 156 Å². The molecule has 5 nitrogen and oxygen atoms in total. The summed E-state index contributed by atoms with van der Waals surface area (Å²) < 4.78 is 0. The van der Waals surface area contributed by atoms with Crippen molar-refractivity contribution in [2.75, 3.05) is 7.05 Å². The molecule has 0 spiro atoms. The molecule has 0 saturated heterocycles. The highest BCUT2D eigenvalue weighted by Gasteiger charge is 2.32. The van der Waals surface area contributed by atoms with Crippen molar-refractivity contribution >= 4 is 29.9 Å². The molecule has 0 aliphatic heterocycles. The maximum absolute atomic E-state index is 4.38. The molecule has 3 atom stereocenters. The molecule has 23 heavy (non-hydrogen) atoms. The van der Waals surface area contributed by atoms with Crippen LogP contribution in [0.5, 0.6) is 0 Å². The summed E-state index contributed by atoms with van der Waals surface area (Å²) in [7, 11) is 1.85. The van der Waals surface area contributed by atoms with Crippen molar-refractivity contribution in [1.82, 2.24) is 20.8 Å². The van der Waals surface area contributed by atoms with Crippen molar-refractivity contribution in [2.24, 2.45) is 16.8 Å². The van der Waals surface area contributed by atoms with Crippen molar-refractivity contribution in [3.8, 4) is 0 Å². The molecular weight excluding hydrogens is 401 g/mol. The summed E-state index contributed by atoms with van der Waals surface area (Å²) in [5.41, 5.74) is 2.31. The minimum absolute atomic E-state index is 0. The third-order valence-corrected chi connectivity index (χ3v) is 5.48. The average Bonchev–Trinajstić information content (AvgIpc) is 2.96. The monoisotopic (exact) mass is 431 g/mol. The number of hydrogen-bond donors (Lipinski definition) is 3. The van der Waals surface area contributed by atoms with Crippen LogP contribution in [0.2, 0.25) is 0 Å². The molecule has 2 fully saturated rings. The van der Waals surface area contributed by atoms with Gasteiger partial charge in [-0.15, -0.1) is 24.0 Å². The van der Waals surface area contributed by atoms with Crippen molar-refractivity contribution in [2.45, 2.75) is 64.5 Å². The van der Waals surface area contributed by atoms with Gasteiger partial charge in [-0.1, -0.05) is 25.7 Å². The van der Waals surface area contributed by atoms with Gasteiger partial charge in [0.05, 0.1) is 6.20 Å². The molecule has 2 aliphatic rings. The van der Waals surface area contributed by atoms with Crippen LogP contribution in [0, 0.1) is 18.8 Å². The number of aromatic nitrogens is 2. The summed E-state index contributed by atoms with van der Waals surface area (Å²) in [4.78, 5) is 4.38. The Kier molecular flexibility index (Phi) is 7.17. The van der Waals surface area contributed by atoms with Crippen LogP contribution in [-0.2, 0) is 6.54 Å². The maximum atomic E-state index is 4.38. The Morgan fingerprint density at radius 2 is 2.04 bits per heavy atom. The number of aryl methyl sites for hydroxylation is 1. The lowest BCUT2D eigenvalue weighted by atomic mass is 9.69. The summed E-state index contributed by atoms with van der Waals surface area (Å²) in [6.45, 7) is 2.81. The molecule has 3 N–H and O–H groups in total. The van der Waals surface area contributed by atoms with E-state index in [0.717, 1.165) is 30.0 Å². The summed E-state index contributed by atoms with van der Waals surface area (Å²) in [5.74, 6) is 2.85. The van der Waals surface area contributed by atoms with E-state index in [9.17, 15) is 0 Å². The highest BCUT2D eigenvalue weighted by atomic mass is 127. The van der Waals surface area contributed by atoms with Crippen molar-refractivity contribution in [1.29, 1.82) is 0 Å². The SMILES string of the molecule is CN=C(NCc1cn[nH]c1C)NC1CCC2CCCCC2C1.I. The number of halogens is 1. The number of H-pyrrole nitrogens is 1. The zero-order chi connectivity index (χ0) is 15.4. The van der Waals surface area contributed by atoms with E-state index in [1.807, 2.05) is 20.2 Å². The number of aromatic amines is 1. The largest absolute Gasteiger partial charge is 0.354 e. The average molecular weight is 431 g/mol. The second kappa shape index (κ2) is 8.89. The second-order valence-corrected chi connectivity index (χ2v) is 6.90.